The number of hydrogen-bond acceptors (Lipinski definition) is 5. The summed E-state index contributed by atoms with van der Waals surface area (Å²) in [6.07, 6.45) is 2.38. The lowest BCUT2D eigenvalue weighted by Crippen LogP contribution is -2.28. The van der Waals surface area contributed by atoms with Crippen molar-refractivity contribution in [1.29, 1.82) is 0 Å². The Morgan fingerprint density at radius 2 is 1.96 bits per heavy atom. The number of rotatable bonds is 7. The molecule has 2 aromatic rings. The van der Waals surface area contributed by atoms with Gasteiger partial charge in [0, 0.05) is 6.54 Å². The molecule has 1 aliphatic rings. The van der Waals surface area contributed by atoms with Crippen LogP contribution in [0.15, 0.2) is 47.4 Å². The van der Waals surface area contributed by atoms with Gasteiger partial charge in [-0.1, -0.05) is 25.1 Å². The summed E-state index contributed by atoms with van der Waals surface area (Å²) < 4.78 is 24.4. The average Bonchev–Trinajstić information content (AvgIpc) is 2.94. The number of carbonyl (C=O) groups excluding carboxylic acids is 2. The predicted octanol–water partition coefficient (Wildman–Crippen LogP) is 4.86. The van der Waals surface area contributed by atoms with Gasteiger partial charge in [0.15, 0.2) is 11.5 Å². The van der Waals surface area contributed by atoms with Crippen molar-refractivity contribution in [2.45, 2.75) is 20.0 Å². The molecule has 0 saturated carbocycles. The highest BCUT2D eigenvalue weighted by atomic mass is 32.2. The van der Waals surface area contributed by atoms with Crippen LogP contribution in [0.1, 0.15) is 24.5 Å². The largest absolute Gasteiger partial charge is 0.493 e. The smallest absolute Gasteiger partial charge is 0.293 e. The van der Waals surface area contributed by atoms with Gasteiger partial charge in [-0.2, -0.15) is 0 Å². The van der Waals surface area contributed by atoms with E-state index in [9.17, 15) is 14.0 Å². The first kappa shape index (κ1) is 19.9. The van der Waals surface area contributed by atoms with Gasteiger partial charge in [0.25, 0.3) is 11.1 Å². The molecule has 1 aliphatic heterocycles. The molecule has 0 atom stereocenters. The third-order valence-corrected chi connectivity index (χ3v) is 5.00. The van der Waals surface area contributed by atoms with Crippen molar-refractivity contribution in [2.24, 2.45) is 0 Å². The number of hydrogen-bond donors (Lipinski definition) is 0. The summed E-state index contributed by atoms with van der Waals surface area (Å²) in [5.74, 6) is 0.392. The molecule has 146 valence electrons. The molecular weight excluding hydrogens is 381 g/mol. The molecule has 1 fully saturated rings. The van der Waals surface area contributed by atoms with Crippen LogP contribution in [-0.2, 0) is 11.4 Å². The van der Waals surface area contributed by atoms with Crippen LogP contribution in [0.5, 0.6) is 11.5 Å². The number of methoxy groups -OCH3 is 1. The molecule has 5 nitrogen and oxygen atoms in total. The van der Waals surface area contributed by atoms with Gasteiger partial charge in [0.2, 0.25) is 0 Å². The summed E-state index contributed by atoms with van der Waals surface area (Å²) in [5, 5.41) is -0.250. The summed E-state index contributed by atoms with van der Waals surface area (Å²) in [7, 11) is 1.52. The molecule has 1 heterocycles. The maximum absolute atomic E-state index is 13.3. The van der Waals surface area contributed by atoms with Gasteiger partial charge >= 0.3 is 0 Å². The minimum atomic E-state index is -0.319. The normalized spacial score (nSPS) is 15.4. The molecule has 2 aromatic carbocycles. The van der Waals surface area contributed by atoms with Crippen molar-refractivity contribution in [1.82, 2.24) is 4.90 Å². The third kappa shape index (κ3) is 4.54. The second-order valence-corrected chi connectivity index (χ2v) is 7.16. The standard InChI is InChI=1S/C21H20FNO4S/c1-3-9-23-20(24)19(28-21(23)25)12-14-7-8-17(18(11-14)26-2)27-13-15-5-4-6-16(22)10-15/h4-8,10-12H,3,9,13H2,1-2H3/b19-12+. The first-order valence-corrected chi connectivity index (χ1v) is 9.64. The molecule has 0 N–H and O–H groups in total. The lowest BCUT2D eigenvalue weighted by atomic mass is 10.1. The number of nitrogens with zero attached hydrogens (tertiary/aromatic N) is 1. The number of imide groups is 1. The number of ether oxygens (including phenoxy) is 2. The molecule has 0 radical (unpaired) electrons. The van der Waals surface area contributed by atoms with Crippen molar-refractivity contribution >= 4 is 29.0 Å². The van der Waals surface area contributed by atoms with Crippen LogP contribution in [0, 0.1) is 5.82 Å². The van der Waals surface area contributed by atoms with Crippen LogP contribution in [0.3, 0.4) is 0 Å². The Bertz CT molecular complexity index is 928. The summed E-state index contributed by atoms with van der Waals surface area (Å²) in [6.45, 7) is 2.53. The highest BCUT2D eigenvalue weighted by Gasteiger charge is 2.34. The highest BCUT2D eigenvalue weighted by molar-refractivity contribution is 8.18. The molecule has 2 amide bonds. The second-order valence-electron chi connectivity index (χ2n) is 6.16. The van der Waals surface area contributed by atoms with E-state index >= 15 is 0 Å². The molecule has 3 rings (SSSR count). The minimum absolute atomic E-state index is 0.198. The number of amides is 2. The van der Waals surface area contributed by atoms with Crippen LogP contribution in [-0.4, -0.2) is 29.7 Å². The molecule has 0 bridgehead atoms. The van der Waals surface area contributed by atoms with E-state index in [-0.39, 0.29) is 23.6 Å². The minimum Gasteiger partial charge on any atom is -0.493 e. The van der Waals surface area contributed by atoms with E-state index in [1.165, 1.54) is 24.1 Å². The maximum Gasteiger partial charge on any atom is 0.293 e. The monoisotopic (exact) mass is 401 g/mol. The summed E-state index contributed by atoms with van der Waals surface area (Å²) >= 11 is 0.934. The van der Waals surface area contributed by atoms with Crippen molar-refractivity contribution in [3.05, 3.63) is 64.3 Å². The van der Waals surface area contributed by atoms with Crippen LogP contribution in [0.4, 0.5) is 9.18 Å². The van der Waals surface area contributed by atoms with Crippen molar-refractivity contribution < 1.29 is 23.5 Å². The van der Waals surface area contributed by atoms with E-state index in [4.69, 9.17) is 9.47 Å². The SMILES string of the molecule is CCCN1C(=O)S/C(=C/c2ccc(OCc3cccc(F)c3)c(OC)c2)C1=O. The fraction of sp³-hybridized carbons (Fsp3) is 0.238. The topological polar surface area (TPSA) is 55.8 Å². The fourth-order valence-electron chi connectivity index (χ4n) is 2.75. The van der Waals surface area contributed by atoms with Gasteiger partial charge in [-0.15, -0.1) is 0 Å². The highest BCUT2D eigenvalue weighted by Crippen LogP contribution is 2.34. The van der Waals surface area contributed by atoms with Crippen LogP contribution in [0.25, 0.3) is 6.08 Å². The molecule has 28 heavy (non-hydrogen) atoms. The second kappa shape index (κ2) is 8.93. The zero-order chi connectivity index (χ0) is 20.1. The van der Waals surface area contributed by atoms with E-state index < -0.39 is 0 Å². The Morgan fingerprint density at radius 3 is 2.68 bits per heavy atom. The Hall–Kier alpha value is -2.80. The number of carbonyl (C=O) groups is 2. The van der Waals surface area contributed by atoms with E-state index in [0.29, 0.717) is 28.5 Å². The van der Waals surface area contributed by atoms with E-state index in [0.717, 1.165) is 23.7 Å². The molecule has 1 saturated heterocycles. The molecular formula is C21H20FNO4S. The van der Waals surface area contributed by atoms with Crippen LogP contribution in [0.2, 0.25) is 0 Å². The Kier molecular flexibility index (Phi) is 6.36. The lowest BCUT2D eigenvalue weighted by molar-refractivity contribution is -0.122. The zero-order valence-corrected chi connectivity index (χ0v) is 16.4. The summed E-state index contributed by atoms with van der Waals surface area (Å²) in [5.41, 5.74) is 1.42. The van der Waals surface area contributed by atoms with Crippen LogP contribution >= 0.6 is 11.8 Å². The average molecular weight is 401 g/mol. The third-order valence-electron chi connectivity index (χ3n) is 4.09. The predicted molar refractivity (Wildman–Crippen MR) is 107 cm³/mol. The quantitative estimate of drug-likeness (QED) is 0.620. The van der Waals surface area contributed by atoms with Crippen molar-refractivity contribution in [2.75, 3.05) is 13.7 Å². The van der Waals surface area contributed by atoms with Gasteiger partial charge < -0.3 is 9.47 Å². The number of thioether (sulfide) groups is 1. The van der Waals surface area contributed by atoms with Crippen molar-refractivity contribution in [3.8, 4) is 11.5 Å². The van der Waals surface area contributed by atoms with Crippen molar-refractivity contribution in [3.63, 3.8) is 0 Å². The molecule has 0 unspecified atom stereocenters. The van der Waals surface area contributed by atoms with E-state index in [2.05, 4.69) is 0 Å². The maximum atomic E-state index is 13.3. The van der Waals surface area contributed by atoms with Gasteiger partial charge in [-0.25, -0.2) is 4.39 Å². The number of halogens is 1. The van der Waals surface area contributed by atoms with Gasteiger partial charge in [0.05, 0.1) is 12.0 Å². The van der Waals surface area contributed by atoms with Gasteiger partial charge in [-0.3, -0.25) is 14.5 Å². The fourth-order valence-corrected chi connectivity index (χ4v) is 3.61. The van der Waals surface area contributed by atoms with Gasteiger partial charge in [-0.05, 0) is 59.7 Å². The summed E-state index contributed by atoms with van der Waals surface area (Å²) in [4.78, 5) is 25.9. The molecule has 0 aliphatic carbocycles. The Balaban J connectivity index is 1.76. The Morgan fingerprint density at radius 1 is 1.14 bits per heavy atom. The van der Waals surface area contributed by atoms with E-state index in [1.54, 1.807) is 36.4 Å². The van der Waals surface area contributed by atoms with Gasteiger partial charge in [0.1, 0.15) is 12.4 Å². The summed E-state index contributed by atoms with van der Waals surface area (Å²) in [6, 6.07) is 11.4. The van der Waals surface area contributed by atoms with Crippen LogP contribution < -0.4 is 9.47 Å². The first-order chi connectivity index (χ1) is 13.5. The molecule has 0 spiro atoms. The zero-order valence-electron chi connectivity index (χ0n) is 15.6. The lowest BCUT2D eigenvalue weighted by Gasteiger charge is -2.12. The molecule has 0 aromatic heterocycles. The molecule has 7 heteroatoms. The van der Waals surface area contributed by atoms with E-state index in [1.807, 2.05) is 6.92 Å². The first-order valence-electron chi connectivity index (χ1n) is 8.82. The number of benzene rings is 2. The Labute approximate surface area is 167 Å².